The number of nitrogens with one attached hydrogen (secondary N) is 1. The lowest BCUT2D eigenvalue weighted by atomic mass is 10.2. The summed E-state index contributed by atoms with van der Waals surface area (Å²) in [5, 5.41) is 6.89. The molecule has 1 nitrogen and oxygen atoms in total. The second kappa shape index (κ2) is 10.6. The molecule has 0 aromatic heterocycles. The van der Waals surface area contributed by atoms with Crippen LogP contribution in [0.15, 0.2) is 0 Å². The molecule has 1 N–H and O–H groups in total. The van der Waals surface area contributed by atoms with Gasteiger partial charge in [-0.2, -0.15) is 0 Å². The monoisotopic (exact) mass is 129 g/mol. The highest BCUT2D eigenvalue weighted by atomic mass is 14.4. The molecule has 0 bridgehead atoms. The zero-order valence-electron chi connectivity index (χ0n) is 7.12. The SMILES string of the molecule is CCC.CCCC(C)=N. The molecule has 0 aliphatic carbocycles. The first-order chi connectivity index (χ1) is 4.18. The van der Waals surface area contributed by atoms with Gasteiger partial charge in [-0.05, 0) is 13.3 Å². The summed E-state index contributed by atoms with van der Waals surface area (Å²) in [6, 6.07) is 0. The molecule has 0 amide bonds. The first-order valence-electron chi connectivity index (χ1n) is 3.72. The maximum absolute atomic E-state index is 6.89. The van der Waals surface area contributed by atoms with Crippen molar-refractivity contribution in [2.75, 3.05) is 0 Å². The Kier molecular flexibility index (Phi) is 13.5. The van der Waals surface area contributed by atoms with E-state index in [9.17, 15) is 0 Å². The van der Waals surface area contributed by atoms with E-state index in [1.807, 2.05) is 6.92 Å². The third kappa shape index (κ3) is 34.6. The van der Waals surface area contributed by atoms with Gasteiger partial charge in [0.2, 0.25) is 0 Å². The highest BCUT2D eigenvalue weighted by Crippen LogP contribution is 1.85. The van der Waals surface area contributed by atoms with Crippen LogP contribution in [0, 0.1) is 5.41 Å². The summed E-state index contributed by atoms with van der Waals surface area (Å²) in [5.74, 6) is 0. The summed E-state index contributed by atoms with van der Waals surface area (Å²) >= 11 is 0. The number of hydrogen-bond acceptors (Lipinski definition) is 1. The summed E-state index contributed by atoms with van der Waals surface area (Å²) in [4.78, 5) is 0. The van der Waals surface area contributed by atoms with Crippen molar-refractivity contribution in [3.8, 4) is 0 Å². The van der Waals surface area contributed by atoms with Gasteiger partial charge in [-0.3, -0.25) is 0 Å². The highest BCUT2D eigenvalue weighted by Gasteiger charge is 1.78. The van der Waals surface area contributed by atoms with Crippen LogP contribution in [-0.4, -0.2) is 5.71 Å². The van der Waals surface area contributed by atoms with E-state index in [0.29, 0.717) is 0 Å². The van der Waals surface area contributed by atoms with Crippen LogP contribution in [0.3, 0.4) is 0 Å². The van der Waals surface area contributed by atoms with E-state index >= 15 is 0 Å². The van der Waals surface area contributed by atoms with Gasteiger partial charge in [-0.25, -0.2) is 0 Å². The maximum Gasteiger partial charge on any atom is 0.00581 e. The van der Waals surface area contributed by atoms with Crippen molar-refractivity contribution >= 4 is 5.71 Å². The predicted octanol–water partition coefficient (Wildman–Crippen LogP) is 3.24. The van der Waals surface area contributed by atoms with Crippen molar-refractivity contribution in [2.24, 2.45) is 0 Å². The van der Waals surface area contributed by atoms with Gasteiger partial charge < -0.3 is 5.41 Å². The van der Waals surface area contributed by atoms with Crippen LogP contribution in [0.25, 0.3) is 0 Å². The third-order valence-electron chi connectivity index (χ3n) is 0.625. The van der Waals surface area contributed by atoms with E-state index < -0.39 is 0 Å². The molecule has 0 atom stereocenters. The van der Waals surface area contributed by atoms with Gasteiger partial charge in [0.25, 0.3) is 0 Å². The van der Waals surface area contributed by atoms with Crippen molar-refractivity contribution in [1.82, 2.24) is 0 Å². The fourth-order valence-corrected chi connectivity index (χ4v) is 0.375. The van der Waals surface area contributed by atoms with Crippen LogP contribution in [-0.2, 0) is 0 Å². The molecule has 0 radical (unpaired) electrons. The largest absolute Gasteiger partial charge is 0.310 e. The fourth-order valence-electron chi connectivity index (χ4n) is 0.375. The van der Waals surface area contributed by atoms with E-state index in [-0.39, 0.29) is 0 Å². The first kappa shape index (κ1) is 11.5. The van der Waals surface area contributed by atoms with Crippen molar-refractivity contribution in [1.29, 1.82) is 5.41 Å². The lowest BCUT2D eigenvalue weighted by molar-refractivity contribution is 0.981. The van der Waals surface area contributed by atoms with Gasteiger partial charge in [0.1, 0.15) is 0 Å². The van der Waals surface area contributed by atoms with E-state index in [2.05, 4.69) is 20.8 Å². The van der Waals surface area contributed by atoms with Gasteiger partial charge in [-0.15, -0.1) is 0 Å². The Morgan fingerprint density at radius 2 is 1.56 bits per heavy atom. The molecule has 0 aromatic carbocycles. The normalized spacial score (nSPS) is 7.56. The Bertz CT molecular complexity index is 57.6. The summed E-state index contributed by atoms with van der Waals surface area (Å²) in [6.45, 7) is 8.17. The molecule has 0 aromatic rings. The molecule has 0 rings (SSSR count). The molecule has 0 fully saturated rings. The van der Waals surface area contributed by atoms with Gasteiger partial charge in [-0.1, -0.05) is 33.6 Å². The van der Waals surface area contributed by atoms with Crippen LogP contribution in [0.4, 0.5) is 0 Å². The molecule has 0 aliphatic heterocycles. The van der Waals surface area contributed by atoms with E-state index in [1.54, 1.807) is 0 Å². The zero-order valence-corrected chi connectivity index (χ0v) is 7.12. The van der Waals surface area contributed by atoms with Crippen molar-refractivity contribution < 1.29 is 0 Å². The predicted molar refractivity (Wildman–Crippen MR) is 44.3 cm³/mol. The minimum atomic E-state index is 0.789. The Morgan fingerprint density at radius 1 is 1.22 bits per heavy atom. The second-order valence-corrected chi connectivity index (χ2v) is 2.24. The number of hydrogen-bond donors (Lipinski definition) is 1. The van der Waals surface area contributed by atoms with E-state index in [4.69, 9.17) is 5.41 Å². The number of rotatable bonds is 2. The van der Waals surface area contributed by atoms with Crippen LogP contribution in [0.2, 0.25) is 0 Å². The topological polar surface area (TPSA) is 23.9 Å². The highest BCUT2D eigenvalue weighted by molar-refractivity contribution is 5.78. The van der Waals surface area contributed by atoms with Crippen molar-refractivity contribution in [3.63, 3.8) is 0 Å². The molecule has 0 unspecified atom stereocenters. The molecule has 1 heteroatoms. The molecule has 0 aliphatic rings. The quantitative estimate of drug-likeness (QED) is 0.553. The molecule has 56 valence electrons. The average molecular weight is 129 g/mol. The molecule has 0 saturated heterocycles. The van der Waals surface area contributed by atoms with Crippen LogP contribution >= 0.6 is 0 Å². The van der Waals surface area contributed by atoms with Crippen LogP contribution in [0.5, 0.6) is 0 Å². The first-order valence-corrected chi connectivity index (χ1v) is 3.72. The Morgan fingerprint density at radius 3 is 1.56 bits per heavy atom. The van der Waals surface area contributed by atoms with Gasteiger partial charge in [0.15, 0.2) is 0 Å². The molecular formula is C8H19N. The fraction of sp³-hybridized carbons (Fsp3) is 0.875. The lowest BCUT2D eigenvalue weighted by Gasteiger charge is -1.85. The van der Waals surface area contributed by atoms with Crippen LogP contribution in [0.1, 0.15) is 47.0 Å². The summed E-state index contributed by atoms with van der Waals surface area (Å²) in [6.07, 6.45) is 3.31. The van der Waals surface area contributed by atoms with Crippen molar-refractivity contribution in [2.45, 2.75) is 47.0 Å². The van der Waals surface area contributed by atoms with E-state index in [0.717, 1.165) is 18.6 Å². The Hall–Kier alpha value is -0.330. The second-order valence-electron chi connectivity index (χ2n) is 2.24. The van der Waals surface area contributed by atoms with Crippen LogP contribution < -0.4 is 0 Å². The maximum atomic E-state index is 6.89. The molecule has 0 spiro atoms. The van der Waals surface area contributed by atoms with E-state index in [1.165, 1.54) is 6.42 Å². The minimum Gasteiger partial charge on any atom is -0.310 e. The summed E-state index contributed by atoms with van der Waals surface area (Å²) in [7, 11) is 0. The minimum absolute atomic E-state index is 0.789. The van der Waals surface area contributed by atoms with Crippen molar-refractivity contribution in [3.05, 3.63) is 0 Å². The van der Waals surface area contributed by atoms with Gasteiger partial charge in [0, 0.05) is 5.71 Å². The van der Waals surface area contributed by atoms with Gasteiger partial charge in [0.05, 0.1) is 0 Å². The molecule has 0 saturated carbocycles. The Labute approximate surface area is 59.0 Å². The summed E-state index contributed by atoms with van der Waals surface area (Å²) in [5.41, 5.74) is 0.789. The average Bonchev–Trinajstić information content (AvgIpc) is 1.67. The third-order valence-corrected chi connectivity index (χ3v) is 0.625. The Balaban J connectivity index is 0. The standard InChI is InChI=1S/C5H11N.C3H8/c1-3-4-5(2)6;1-3-2/h6H,3-4H2,1-2H3;3H2,1-2H3. The van der Waals surface area contributed by atoms with Gasteiger partial charge >= 0.3 is 0 Å². The molecular weight excluding hydrogens is 110 g/mol. The zero-order chi connectivity index (χ0) is 7.70. The molecule has 9 heavy (non-hydrogen) atoms. The summed E-state index contributed by atoms with van der Waals surface area (Å²) < 4.78 is 0. The lowest BCUT2D eigenvalue weighted by Crippen LogP contribution is -1.82. The smallest absolute Gasteiger partial charge is 0.00581 e. The molecule has 0 heterocycles.